The van der Waals surface area contributed by atoms with E-state index in [2.05, 4.69) is 9.47 Å². The molecule has 0 rings (SSSR count). The molecule has 0 aromatic carbocycles. The molecule has 0 spiro atoms. The van der Waals surface area contributed by atoms with Crippen molar-refractivity contribution in [1.82, 2.24) is 0 Å². The van der Waals surface area contributed by atoms with Crippen LogP contribution >= 0.6 is 0 Å². The number of Topliss-reactive ketones (excluding diaryl/α,β-unsaturated/α-hetero) is 1. The first kappa shape index (κ1) is 11.7. The first-order chi connectivity index (χ1) is 6.17. The van der Waals surface area contributed by atoms with Gasteiger partial charge in [-0.2, -0.15) is 0 Å². The van der Waals surface area contributed by atoms with Crippen molar-refractivity contribution in [3.05, 3.63) is 11.8 Å². The van der Waals surface area contributed by atoms with Gasteiger partial charge in [0.15, 0.2) is 5.78 Å². The topological polar surface area (TPSA) is 52.6 Å². The van der Waals surface area contributed by atoms with Crippen molar-refractivity contribution in [2.45, 2.75) is 19.8 Å². The van der Waals surface area contributed by atoms with Gasteiger partial charge in [-0.1, -0.05) is 6.92 Å². The summed E-state index contributed by atoms with van der Waals surface area (Å²) in [4.78, 5) is 22.3. The molecule has 0 radical (unpaired) electrons. The Morgan fingerprint density at radius 2 is 1.92 bits per heavy atom. The molecule has 0 saturated carbocycles. The maximum atomic E-state index is 11.3. The zero-order chi connectivity index (χ0) is 10.3. The lowest BCUT2D eigenvalue weighted by atomic mass is 10.1. The third kappa shape index (κ3) is 3.73. The van der Waals surface area contributed by atoms with Gasteiger partial charge in [0.25, 0.3) is 0 Å². The fourth-order valence-corrected chi connectivity index (χ4v) is 0.817. The third-order valence-electron chi connectivity index (χ3n) is 1.42. The molecular formula is C9H14O4. The van der Waals surface area contributed by atoms with Gasteiger partial charge in [0.05, 0.1) is 14.2 Å². The number of carbonyl (C=O) groups excluding carboxylic acids is 2. The largest absolute Gasteiger partial charge is 0.503 e. The Bertz CT molecular complexity index is 218. The maximum Gasteiger partial charge on any atom is 0.344 e. The summed E-state index contributed by atoms with van der Waals surface area (Å²) in [7, 11) is 2.60. The molecule has 0 saturated heterocycles. The number of ketones is 1. The van der Waals surface area contributed by atoms with Gasteiger partial charge in [-0.25, -0.2) is 4.79 Å². The van der Waals surface area contributed by atoms with Gasteiger partial charge in [-0.05, 0) is 6.42 Å². The second-order valence-corrected chi connectivity index (χ2v) is 2.43. The molecule has 0 aliphatic heterocycles. The second-order valence-electron chi connectivity index (χ2n) is 2.43. The minimum absolute atomic E-state index is 0.0353. The van der Waals surface area contributed by atoms with E-state index in [1.165, 1.54) is 14.2 Å². The Morgan fingerprint density at radius 3 is 2.31 bits per heavy atom. The van der Waals surface area contributed by atoms with Gasteiger partial charge >= 0.3 is 5.97 Å². The molecule has 4 nitrogen and oxygen atoms in total. The molecule has 74 valence electrons. The molecule has 4 heteroatoms. The second kappa shape index (κ2) is 6.22. The molecule has 0 atom stereocenters. The Morgan fingerprint density at radius 1 is 1.31 bits per heavy atom. The smallest absolute Gasteiger partial charge is 0.344 e. The Hall–Kier alpha value is -1.32. The lowest BCUT2D eigenvalue weighted by Gasteiger charge is -2.02. The van der Waals surface area contributed by atoms with E-state index in [4.69, 9.17) is 0 Å². The number of carbonyl (C=O) groups is 2. The lowest BCUT2D eigenvalue weighted by molar-refractivity contribution is -0.138. The quantitative estimate of drug-likeness (QED) is 0.212. The van der Waals surface area contributed by atoms with Gasteiger partial charge in [-0.3, -0.25) is 4.79 Å². The van der Waals surface area contributed by atoms with Crippen LogP contribution in [0.15, 0.2) is 11.8 Å². The van der Waals surface area contributed by atoms with Crippen LogP contribution in [0.25, 0.3) is 0 Å². The number of rotatable bonds is 5. The molecule has 0 aromatic rings. The molecule has 0 heterocycles. The zero-order valence-electron chi connectivity index (χ0n) is 8.12. The van der Waals surface area contributed by atoms with Crippen LogP contribution in [0.1, 0.15) is 19.8 Å². The van der Waals surface area contributed by atoms with Crippen LogP contribution in [-0.2, 0) is 19.1 Å². The Kier molecular flexibility index (Phi) is 5.59. The predicted octanol–water partition coefficient (Wildman–Crippen LogP) is 1.06. The first-order valence-corrected chi connectivity index (χ1v) is 4.01. The van der Waals surface area contributed by atoms with E-state index in [1.54, 1.807) is 0 Å². The number of esters is 1. The van der Waals surface area contributed by atoms with Gasteiger partial charge in [0.2, 0.25) is 0 Å². The van der Waals surface area contributed by atoms with E-state index in [9.17, 15) is 9.59 Å². The highest BCUT2D eigenvalue weighted by atomic mass is 16.5. The maximum absolute atomic E-state index is 11.3. The van der Waals surface area contributed by atoms with Crippen LogP contribution in [-0.4, -0.2) is 26.0 Å². The summed E-state index contributed by atoms with van der Waals surface area (Å²) < 4.78 is 9.04. The van der Waals surface area contributed by atoms with Crippen molar-refractivity contribution in [2.24, 2.45) is 0 Å². The molecule has 0 aromatic heterocycles. The minimum atomic E-state index is -0.653. The molecule has 0 bridgehead atoms. The highest BCUT2D eigenvalue weighted by Crippen LogP contribution is 2.04. The zero-order valence-corrected chi connectivity index (χ0v) is 8.12. The monoisotopic (exact) mass is 186 g/mol. The molecule has 0 aliphatic rings. The Balaban J connectivity index is 4.52. The van der Waals surface area contributed by atoms with E-state index in [0.29, 0.717) is 12.8 Å². The highest BCUT2D eigenvalue weighted by Gasteiger charge is 2.18. The predicted molar refractivity (Wildman–Crippen MR) is 47.0 cm³/mol. The average Bonchev–Trinajstić information content (AvgIpc) is 2.13. The third-order valence-corrected chi connectivity index (χ3v) is 1.42. The van der Waals surface area contributed by atoms with Gasteiger partial charge in [0.1, 0.15) is 11.8 Å². The van der Waals surface area contributed by atoms with Gasteiger partial charge in [-0.15, -0.1) is 0 Å². The summed E-state index contributed by atoms with van der Waals surface area (Å²) in [5.41, 5.74) is -0.0353. The van der Waals surface area contributed by atoms with Crippen LogP contribution in [0, 0.1) is 0 Å². The Labute approximate surface area is 77.5 Å². The van der Waals surface area contributed by atoms with Gasteiger partial charge < -0.3 is 9.47 Å². The van der Waals surface area contributed by atoms with Crippen LogP contribution in [0.2, 0.25) is 0 Å². The van der Waals surface area contributed by atoms with Crippen molar-refractivity contribution in [2.75, 3.05) is 14.2 Å². The van der Waals surface area contributed by atoms with E-state index < -0.39 is 5.97 Å². The SMILES string of the molecule is CCCC(=O)/C(=C\OC)C(=O)OC. The summed E-state index contributed by atoms with van der Waals surface area (Å²) in [6.07, 6.45) is 2.13. The fraction of sp³-hybridized carbons (Fsp3) is 0.556. The summed E-state index contributed by atoms with van der Waals surface area (Å²) in [5, 5.41) is 0. The van der Waals surface area contributed by atoms with Crippen molar-refractivity contribution in [3.63, 3.8) is 0 Å². The summed E-state index contributed by atoms with van der Waals surface area (Å²) in [6.45, 7) is 1.86. The van der Waals surface area contributed by atoms with Crippen molar-refractivity contribution in [3.8, 4) is 0 Å². The van der Waals surface area contributed by atoms with Crippen molar-refractivity contribution >= 4 is 11.8 Å². The number of hydrogen-bond donors (Lipinski definition) is 0. The van der Waals surface area contributed by atoms with Crippen LogP contribution in [0.5, 0.6) is 0 Å². The summed E-state index contributed by atoms with van der Waals surface area (Å²) in [5.74, 6) is -0.906. The molecular weight excluding hydrogens is 172 g/mol. The fourth-order valence-electron chi connectivity index (χ4n) is 0.817. The van der Waals surface area contributed by atoms with E-state index in [-0.39, 0.29) is 11.4 Å². The first-order valence-electron chi connectivity index (χ1n) is 4.01. The number of methoxy groups -OCH3 is 2. The standard InChI is InChI=1S/C9H14O4/c1-4-5-8(10)7(6-12-2)9(11)13-3/h6H,4-5H2,1-3H3/b7-6+. The van der Waals surface area contributed by atoms with E-state index in [0.717, 1.165) is 6.26 Å². The molecule has 13 heavy (non-hydrogen) atoms. The molecule has 0 fully saturated rings. The normalized spacial score (nSPS) is 10.8. The molecule has 0 unspecified atom stereocenters. The minimum Gasteiger partial charge on any atom is -0.503 e. The molecule has 0 N–H and O–H groups in total. The summed E-state index contributed by atoms with van der Waals surface area (Å²) >= 11 is 0. The van der Waals surface area contributed by atoms with Gasteiger partial charge in [0, 0.05) is 6.42 Å². The average molecular weight is 186 g/mol. The van der Waals surface area contributed by atoms with Crippen molar-refractivity contribution in [1.29, 1.82) is 0 Å². The number of hydrogen-bond acceptors (Lipinski definition) is 4. The summed E-state index contributed by atoms with van der Waals surface area (Å²) in [6, 6.07) is 0. The van der Waals surface area contributed by atoms with Crippen LogP contribution in [0.4, 0.5) is 0 Å². The number of ether oxygens (including phenoxy) is 2. The molecule has 0 aliphatic carbocycles. The highest BCUT2D eigenvalue weighted by molar-refractivity contribution is 6.16. The van der Waals surface area contributed by atoms with Crippen LogP contribution in [0.3, 0.4) is 0 Å². The van der Waals surface area contributed by atoms with Crippen LogP contribution < -0.4 is 0 Å². The molecule has 0 amide bonds. The lowest BCUT2D eigenvalue weighted by Crippen LogP contribution is -2.14. The van der Waals surface area contributed by atoms with E-state index in [1.807, 2.05) is 6.92 Å². The van der Waals surface area contributed by atoms with E-state index >= 15 is 0 Å². The van der Waals surface area contributed by atoms with Crippen molar-refractivity contribution < 1.29 is 19.1 Å².